The quantitative estimate of drug-likeness (QED) is 0.877. The summed E-state index contributed by atoms with van der Waals surface area (Å²) in [6.45, 7) is 3.69. The van der Waals surface area contributed by atoms with Gasteiger partial charge in [0.2, 0.25) is 0 Å². The molecule has 0 aliphatic carbocycles. The minimum atomic E-state index is -0.598. The SMILES string of the molecule is O[C@@]1(CNCc2ccccc2-n2cccn2)CCCN2CCCC[C@@H]21. The van der Waals surface area contributed by atoms with Gasteiger partial charge >= 0.3 is 0 Å². The van der Waals surface area contributed by atoms with Crippen LogP contribution in [0.1, 0.15) is 37.7 Å². The van der Waals surface area contributed by atoms with E-state index in [2.05, 4.69) is 33.5 Å². The summed E-state index contributed by atoms with van der Waals surface area (Å²) in [5.74, 6) is 0. The zero-order valence-corrected chi connectivity index (χ0v) is 14.8. The van der Waals surface area contributed by atoms with Gasteiger partial charge < -0.3 is 10.4 Å². The highest BCUT2D eigenvalue weighted by Crippen LogP contribution is 2.33. The average molecular weight is 340 g/mol. The second-order valence-corrected chi connectivity index (χ2v) is 7.44. The van der Waals surface area contributed by atoms with Gasteiger partial charge in [-0.2, -0.15) is 5.10 Å². The highest BCUT2D eigenvalue weighted by molar-refractivity contribution is 5.40. The van der Waals surface area contributed by atoms with Gasteiger partial charge in [-0.05, 0) is 56.5 Å². The fourth-order valence-corrected chi connectivity index (χ4v) is 4.54. The van der Waals surface area contributed by atoms with E-state index in [9.17, 15) is 5.11 Å². The molecule has 2 saturated heterocycles. The molecule has 0 unspecified atom stereocenters. The maximum absolute atomic E-state index is 11.3. The minimum absolute atomic E-state index is 0.323. The van der Waals surface area contributed by atoms with Crippen molar-refractivity contribution in [2.45, 2.75) is 50.3 Å². The highest BCUT2D eigenvalue weighted by Gasteiger charge is 2.43. The average Bonchev–Trinajstić information content (AvgIpc) is 3.17. The lowest BCUT2D eigenvalue weighted by molar-refractivity contribution is -0.0919. The van der Waals surface area contributed by atoms with Crippen molar-refractivity contribution in [2.75, 3.05) is 19.6 Å². The standard InChI is InChI=1S/C20H28N4O/c25-20(10-5-13-23-12-4-3-9-19(20)23)16-21-15-17-7-1-2-8-18(17)24-14-6-11-22-24/h1-2,6-8,11,14,19,21,25H,3-5,9-10,12-13,15-16H2/t19-,20-/m1/s1. The Hall–Kier alpha value is -1.69. The van der Waals surface area contributed by atoms with E-state index in [1.54, 1.807) is 6.20 Å². The third kappa shape index (κ3) is 3.50. The molecule has 4 rings (SSSR count). The first-order valence-corrected chi connectivity index (χ1v) is 9.51. The molecular formula is C20H28N4O. The summed E-state index contributed by atoms with van der Waals surface area (Å²) in [5.41, 5.74) is 1.69. The third-order valence-electron chi connectivity index (χ3n) is 5.78. The lowest BCUT2D eigenvalue weighted by atomic mass is 9.79. The second-order valence-electron chi connectivity index (χ2n) is 7.44. The predicted molar refractivity (Wildman–Crippen MR) is 98.7 cm³/mol. The molecule has 134 valence electrons. The fraction of sp³-hybridized carbons (Fsp3) is 0.550. The zero-order chi connectivity index (χ0) is 17.1. The molecule has 0 radical (unpaired) electrons. The Balaban J connectivity index is 1.42. The molecule has 0 saturated carbocycles. The van der Waals surface area contributed by atoms with Gasteiger partial charge in [-0.1, -0.05) is 24.6 Å². The number of nitrogens with one attached hydrogen (secondary N) is 1. The number of fused-ring (bicyclic) bond motifs is 1. The van der Waals surface area contributed by atoms with Gasteiger partial charge in [0.25, 0.3) is 0 Å². The molecule has 5 nitrogen and oxygen atoms in total. The number of hydrogen-bond acceptors (Lipinski definition) is 4. The summed E-state index contributed by atoms with van der Waals surface area (Å²) < 4.78 is 1.90. The first-order chi connectivity index (χ1) is 12.3. The first kappa shape index (κ1) is 16.8. The molecule has 0 spiro atoms. The van der Waals surface area contributed by atoms with Gasteiger partial charge in [-0.25, -0.2) is 4.68 Å². The van der Waals surface area contributed by atoms with Crippen LogP contribution in [0.2, 0.25) is 0 Å². The summed E-state index contributed by atoms with van der Waals surface area (Å²) in [6.07, 6.45) is 9.41. The van der Waals surface area contributed by atoms with Crippen molar-refractivity contribution >= 4 is 0 Å². The number of aromatic nitrogens is 2. The second kappa shape index (κ2) is 7.28. The largest absolute Gasteiger partial charge is 0.387 e. The van der Waals surface area contributed by atoms with Crippen LogP contribution in [0.15, 0.2) is 42.7 Å². The molecule has 2 atom stereocenters. The molecule has 0 amide bonds. The van der Waals surface area contributed by atoms with E-state index >= 15 is 0 Å². The monoisotopic (exact) mass is 340 g/mol. The van der Waals surface area contributed by atoms with Gasteiger partial charge in [0.05, 0.1) is 11.3 Å². The molecule has 2 aliphatic rings. The molecule has 2 aliphatic heterocycles. The maximum atomic E-state index is 11.3. The summed E-state index contributed by atoms with van der Waals surface area (Å²) in [4.78, 5) is 2.51. The summed E-state index contributed by atoms with van der Waals surface area (Å²) in [6, 6.07) is 10.6. The van der Waals surface area contributed by atoms with Gasteiger partial charge in [-0.3, -0.25) is 4.90 Å². The molecule has 2 aromatic rings. The number of nitrogens with zero attached hydrogens (tertiary/aromatic N) is 3. The molecule has 2 fully saturated rings. The van der Waals surface area contributed by atoms with Crippen molar-refractivity contribution < 1.29 is 5.11 Å². The Morgan fingerprint density at radius 3 is 2.92 bits per heavy atom. The molecule has 1 aromatic carbocycles. The van der Waals surface area contributed by atoms with Crippen LogP contribution in [0, 0.1) is 0 Å². The summed E-state index contributed by atoms with van der Waals surface area (Å²) >= 11 is 0. The Morgan fingerprint density at radius 2 is 2.04 bits per heavy atom. The van der Waals surface area contributed by atoms with E-state index in [1.165, 1.54) is 18.4 Å². The van der Waals surface area contributed by atoms with Crippen molar-refractivity contribution in [3.63, 3.8) is 0 Å². The molecule has 1 aromatic heterocycles. The Bertz CT molecular complexity index is 685. The van der Waals surface area contributed by atoms with E-state index < -0.39 is 5.60 Å². The topological polar surface area (TPSA) is 53.3 Å². The Labute approximate surface area is 149 Å². The van der Waals surface area contributed by atoms with Crippen LogP contribution in [0.25, 0.3) is 5.69 Å². The number of para-hydroxylation sites is 1. The van der Waals surface area contributed by atoms with Crippen LogP contribution in [-0.2, 0) is 6.54 Å². The van der Waals surface area contributed by atoms with Crippen molar-refractivity contribution in [3.05, 3.63) is 48.3 Å². The smallest absolute Gasteiger partial charge is 0.0926 e. The third-order valence-corrected chi connectivity index (χ3v) is 5.78. The van der Waals surface area contributed by atoms with Gasteiger partial charge in [0.15, 0.2) is 0 Å². The van der Waals surface area contributed by atoms with Crippen molar-refractivity contribution in [1.29, 1.82) is 0 Å². The van der Waals surface area contributed by atoms with Crippen LogP contribution >= 0.6 is 0 Å². The predicted octanol–water partition coefficient (Wildman–Crippen LogP) is 2.34. The number of piperidine rings is 2. The molecule has 3 heterocycles. The number of hydrogen-bond donors (Lipinski definition) is 2. The maximum Gasteiger partial charge on any atom is 0.0926 e. The van der Waals surface area contributed by atoms with Crippen molar-refractivity contribution in [1.82, 2.24) is 20.0 Å². The van der Waals surface area contributed by atoms with E-state index in [-0.39, 0.29) is 0 Å². The number of benzene rings is 1. The number of aliphatic hydroxyl groups is 1. The van der Waals surface area contributed by atoms with Crippen molar-refractivity contribution in [2.24, 2.45) is 0 Å². The van der Waals surface area contributed by atoms with Crippen molar-refractivity contribution in [3.8, 4) is 5.69 Å². The number of rotatable bonds is 5. The van der Waals surface area contributed by atoms with Crippen LogP contribution in [0.5, 0.6) is 0 Å². The van der Waals surface area contributed by atoms with Crippen LogP contribution < -0.4 is 5.32 Å². The normalized spacial score (nSPS) is 27.2. The Kier molecular flexibility index (Phi) is 4.88. The summed E-state index contributed by atoms with van der Waals surface area (Å²) in [7, 11) is 0. The van der Waals surface area contributed by atoms with Crippen LogP contribution in [0.3, 0.4) is 0 Å². The van der Waals surface area contributed by atoms with Gasteiger partial charge in [0, 0.05) is 31.5 Å². The minimum Gasteiger partial charge on any atom is -0.387 e. The van der Waals surface area contributed by atoms with Gasteiger partial charge in [-0.15, -0.1) is 0 Å². The summed E-state index contributed by atoms with van der Waals surface area (Å²) in [5, 5.41) is 19.2. The molecule has 25 heavy (non-hydrogen) atoms. The van der Waals surface area contributed by atoms with E-state index in [0.29, 0.717) is 12.6 Å². The zero-order valence-electron chi connectivity index (χ0n) is 14.8. The van der Waals surface area contributed by atoms with Gasteiger partial charge in [0.1, 0.15) is 0 Å². The van der Waals surface area contributed by atoms with E-state index in [1.807, 2.05) is 23.0 Å². The van der Waals surface area contributed by atoms with E-state index in [0.717, 1.165) is 44.6 Å². The molecule has 5 heteroatoms. The fourth-order valence-electron chi connectivity index (χ4n) is 4.54. The first-order valence-electron chi connectivity index (χ1n) is 9.51. The lowest BCUT2D eigenvalue weighted by Gasteiger charge is -2.49. The van der Waals surface area contributed by atoms with E-state index in [4.69, 9.17) is 0 Å². The highest BCUT2D eigenvalue weighted by atomic mass is 16.3. The molecule has 2 N–H and O–H groups in total. The van der Waals surface area contributed by atoms with Crippen LogP contribution in [-0.4, -0.2) is 51.1 Å². The lowest BCUT2D eigenvalue weighted by Crippen LogP contribution is -2.62. The molecule has 0 bridgehead atoms. The Morgan fingerprint density at radius 1 is 1.16 bits per heavy atom. The molecular weight excluding hydrogens is 312 g/mol. The van der Waals surface area contributed by atoms with Crippen LogP contribution in [0.4, 0.5) is 0 Å².